The van der Waals surface area contributed by atoms with Crippen LogP contribution < -0.4 is 16.0 Å². The highest BCUT2D eigenvalue weighted by atomic mass is 19.4. The Morgan fingerprint density at radius 1 is 0.882 bits per heavy atom. The summed E-state index contributed by atoms with van der Waals surface area (Å²) in [6, 6.07) is 5.36. The van der Waals surface area contributed by atoms with Crippen molar-refractivity contribution in [2.75, 3.05) is 39.5 Å². The number of rotatable bonds is 18. The summed E-state index contributed by atoms with van der Waals surface area (Å²) >= 11 is 0. The summed E-state index contributed by atoms with van der Waals surface area (Å²) in [5.41, 5.74) is 2.00. The molecule has 0 radical (unpaired) electrons. The Kier molecular flexibility index (Phi) is 13.9. The van der Waals surface area contributed by atoms with Crippen LogP contribution in [-0.2, 0) is 26.1 Å². The summed E-state index contributed by atoms with van der Waals surface area (Å²) < 4.78 is 54.1. The molecule has 4 rings (SSSR count). The van der Waals surface area contributed by atoms with Crippen LogP contribution in [0.25, 0.3) is 27.6 Å². The van der Waals surface area contributed by atoms with Crippen molar-refractivity contribution in [3.05, 3.63) is 47.7 Å². The molecule has 11 nitrogen and oxygen atoms in total. The fraction of sp³-hybridized carbons (Fsp3) is 0.568. The van der Waals surface area contributed by atoms with Gasteiger partial charge >= 0.3 is 6.18 Å². The molecule has 1 atom stereocenters. The van der Waals surface area contributed by atoms with Gasteiger partial charge in [-0.1, -0.05) is 33.3 Å². The van der Waals surface area contributed by atoms with E-state index in [9.17, 15) is 27.6 Å². The molecule has 280 valence electrons. The van der Waals surface area contributed by atoms with E-state index in [0.29, 0.717) is 56.1 Å². The molecule has 1 aliphatic rings. The first-order valence-electron chi connectivity index (χ1n) is 17.6. The van der Waals surface area contributed by atoms with Gasteiger partial charge in [-0.3, -0.25) is 23.6 Å². The van der Waals surface area contributed by atoms with Crippen LogP contribution in [0.3, 0.4) is 0 Å². The number of nitrogens with one attached hydrogen (secondary N) is 3. The van der Waals surface area contributed by atoms with Gasteiger partial charge in [0.1, 0.15) is 0 Å². The highest BCUT2D eigenvalue weighted by Gasteiger charge is 2.34. The maximum atomic E-state index is 13.2. The Morgan fingerprint density at radius 3 is 2.18 bits per heavy atom. The fourth-order valence-corrected chi connectivity index (χ4v) is 5.66. The molecule has 0 aliphatic heterocycles. The molecule has 0 saturated heterocycles. The van der Waals surface area contributed by atoms with Gasteiger partial charge in [-0.05, 0) is 62.3 Å². The van der Waals surface area contributed by atoms with E-state index in [1.54, 1.807) is 29.9 Å². The Hall–Kier alpha value is -4.17. The quantitative estimate of drug-likeness (QED) is 0.138. The molecular formula is C37H51F3N6O5. The van der Waals surface area contributed by atoms with Crippen LogP contribution in [0.2, 0.25) is 0 Å². The lowest BCUT2D eigenvalue weighted by Gasteiger charge is -2.28. The van der Waals surface area contributed by atoms with Gasteiger partial charge in [0.15, 0.2) is 5.65 Å². The predicted molar refractivity (Wildman–Crippen MR) is 191 cm³/mol. The highest BCUT2D eigenvalue weighted by molar-refractivity contribution is 6.11. The Morgan fingerprint density at radius 2 is 1.55 bits per heavy atom. The molecule has 1 aromatic carbocycles. The third-order valence-corrected chi connectivity index (χ3v) is 9.05. The average molecular weight is 717 g/mol. The van der Waals surface area contributed by atoms with E-state index >= 15 is 0 Å². The van der Waals surface area contributed by atoms with Gasteiger partial charge < -0.3 is 25.4 Å². The number of carbonyl (C=O) groups is 3. The number of unbranched alkanes of at least 4 members (excludes halogenated alkanes) is 2. The summed E-state index contributed by atoms with van der Waals surface area (Å²) in [7, 11) is 1.78. The number of fused-ring (bicyclic) bond motifs is 3. The van der Waals surface area contributed by atoms with Crippen molar-refractivity contribution in [1.29, 1.82) is 0 Å². The Bertz CT molecular complexity index is 1730. The van der Waals surface area contributed by atoms with Crippen LogP contribution in [0.15, 0.2) is 42.1 Å². The largest absolute Gasteiger partial charge is 0.412 e. The average Bonchev–Trinajstić information content (AvgIpc) is 3.58. The van der Waals surface area contributed by atoms with Crippen LogP contribution in [0.5, 0.6) is 0 Å². The van der Waals surface area contributed by atoms with E-state index in [1.807, 2.05) is 17.7 Å². The predicted octanol–water partition coefficient (Wildman–Crippen LogP) is 6.03. The van der Waals surface area contributed by atoms with Crippen molar-refractivity contribution in [1.82, 2.24) is 30.3 Å². The molecule has 3 amide bonds. The zero-order chi connectivity index (χ0) is 37.2. The molecule has 3 N–H and O–H groups in total. The number of alkyl halides is 3. The lowest BCUT2D eigenvalue weighted by molar-refractivity contribution is -0.122. The second-order valence-corrected chi connectivity index (χ2v) is 14.0. The van der Waals surface area contributed by atoms with Crippen LogP contribution in [-0.4, -0.2) is 83.8 Å². The second-order valence-electron chi connectivity index (χ2n) is 14.0. The lowest BCUT2D eigenvalue weighted by atomic mass is 9.88. The van der Waals surface area contributed by atoms with Gasteiger partial charge in [0.05, 0.1) is 31.9 Å². The summed E-state index contributed by atoms with van der Waals surface area (Å²) in [6.45, 7) is 10.3. The van der Waals surface area contributed by atoms with Crippen LogP contribution in [0.4, 0.5) is 13.2 Å². The van der Waals surface area contributed by atoms with E-state index in [2.05, 4.69) is 41.8 Å². The number of carbonyl (C=O) groups excluding carboxylic acids is 3. The molecule has 0 bridgehead atoms. The van der Waals surface area contributed by atoms with Gasteiger partial charge in [-0.15, -0.1) is 0 Å². The first-order valence-corrected chi connectivity index (χ1v) is 17.6. The van der Waals surface area contributed by atoms with Crippen molar-refractivity contribution >= 4 is 45.4 Å². The number of aromatic nitrogens is 3. The molecule has 0 spiro atoms. The van der Waals surface area contributed by atoms with Gasteiger partial charge in [0.2, 0.25) is 11.8 Å². The number of benzene rings is 1. The number of hydrogen-bond acceptors (Lipinski definition) is 6. The third-order valence-electron chi connectivity index (χ3n) is 9.05. The number of amides is 3. The highest BCUT2D eigenvalue weighted by Crippen LogP contribution is 2.38. The minimum absolute atomic E-state index is 0.0178. The molecule has 2 aromatic heterocycles. The third kappa shape index (κ3) is 11.4. The molecule has 3 aromatic rings. The fourth-order valence-electron chi connectivity index (χ4n) is 5.66. The van der Waals surface area contributed by atoms with E-state index in [4.69, 9.17) is 9.47 Å². The smallest absolute Gasteiger partial charge is 0.377 e. The van der Waals surface area contributed by atoms with Crippen molar-refractivity contribution < 1.29 is 37.0 Å². The summed E-state index contributed by atoms with van der Waals surface area (Å²) in [5.74, 6) is -0.268. The summed E-state index contributed by atoms with van der Waals surface area (Å²) in [4.78, 5) is 37.0. The van der Waals surface area contributed by atoms with Crippen molar-refractivity contribution in [3.63, 3.8) is 0 Å². The zero-order valence-corrected chi connectivity index (χ0v) is 30.3. The minimum Gasteiger partial charge on any atom is -0.377 e. The van der Waals surface area contributed by atoms with Crippen molar-refractivity contribution in [2.24, 2.45) is 12.5 Å². The number of ether oxygens (including phenoxy) is 2. The number of halogens is 3. The molecule has 1 aliphatic carbocycles. The molecule has 14 heteroatoms. The van der Waals surface area contributed by atoms with E-state index < -0.39 is 11.7 Å². The van der Waals surface area contributed by atoms with Crippen molar-refractivity contribution in [2.45, 2.75) is 84.9 Å². The monoisotopic (exact) mass is 716 g/mol. The number of aryl methyl sites for hydroxylation is 1. The number of hydrogen-bond donors (Lipinski definition) is 3. The standard InChI is InChI=1S/C37H51F3N6O5/c1-25(36(2,3)4)43-33(48)10-8-6-7-9-32(47)41-17-19-50-21-22-51-20-18-42-35(49)26-11-16-31-29(23-26)30-24-45(5)44-34(30)46(31)28-14-12-27(13-15-28)37(38,39)40/h11-12,14,16,23-25H,6-10,13,15,17-22H2,1-5H3,(H,41,47)(H,42,49)(H,43,48). The van der Waals surface area contributed by atoms with Crippen LogP contribution >= 0.6 is 0 Å². The summed E-state index contributed by atoms with van der Waals surface area (Å²) in [6.07, 6.45) is 3.38. The SMILES string of the molecule is CC(NC(=O)CCCCCC(=O)NCCOCCOCCNC(=O)c1ccc2c(c1)c1cn(C)nc1n2C1=CC=C(C(F)(F)F)CC1)C(C)(C)C. The van der Waals surface area contributed by atoms with Gasteiger partial charge in [-0.25, -0.2) is 0 Å². The normalized spacial score (nSPS) is 14.4. The molecule has 51 heavy (non-hydrogen) atoms. The lowest BCUT2D eigenvalue weighted by Crippen LogP contribution is -2.41. The first-order chi connectivity index (χ1) is 24.1. The van der Waals surface area contributed by atoms with Gasteiger partial charge in [0, 0.05) is 72.8 Å². The van der Waals surface area contributed by atoms with Gasteiger partial charge in [-0.2, -0.15) is 18.3 Å². The van der Waals surface area contributed by atoms with E-state index in [0.717, 1.165) is 41.6 Å². The molecule has 0 fully saturated rings. The van der Waals surface area contributed by atoms with Gasteiger partial charge in [0.25, 0.3) is 5.91 Å². The Balaban J connectivity index is 1.09. The molecule has 2 heterocycles. The van der Waals surface area contributed by atoms with E-state index in [1.165, 1.54) is 6.08 Å². The molecule has 0 saturated carbocycles. The number of nitrogens with zero attached hydrogens (tertiary/aromatic N) is 3. The minimum atomic E-state index is -4.35. The van der Waals surface area contributed by atoms with Crippen LogP contribution in [0.1, 0.15) is 83.0 Å². The Labute approximate surface area is 297 Å². The van der Waals surface area contributed by atoms with Crippen LogP contribution in [0, 0.1) is 5.41 Å². The van der Waals surface area contributed by atoms with Crippen molar-refractivity contribution in [3.8, 4) is 0 Å². The van der Waals surface area contributed by atoms with E-state index in [-0.39, 0.29) is 55.2 Å². The summed E-state index contributed by atoms with van der Waals surface area (Å²) in [5, 5.41) is 14.8. The topological polar surface area (TPSA) is 129 Å². The number of allylic oxidation sites excluding steroid dienone is 4. The molecular weight excluding hydrogens is 665 g/mol. The maximum Gasteiger partial charge on any atom is 0.412 e. The first kappa shape index (κ1) is 39.6. The zero-order valence-electron chi connectivity index (χ0n) is 30.3. The second kappa shape index (κ2) is 17.9. The maximum absolute atomic E-state index is 13.2. The molecule has 1 unspecified atom stereocenters.